The van der Waals surface area contributed by atoms with Crippen molar-refractivity contribution in [2.75, 3.05) is 13.6 Å². The summed E-state index contributed by atoms with van der Waals surface area (Å²) in [6.45, 7) is 3.00. The minimum atomic E-state index is -0.469. The molecule has 1 saturated heterocycles. The second-order valence-corrected chi connectivity index (χ2v) is 9.01. The Bertz CT molecular complexity index is 936. The molecule has 31 heavy (non-hydrogen) atoms. The lowest BCUT2D eigenvalue weighted by Crippen LogP contribution is -2.50. The highest BCUT2D eigenvalue weighted by Gasteiger charge is 2.36. The molecule has 166 valence electrons. The largest absolute Gasteiger partial charge is 0.340 e. The molecular weight excluding hydrogens is 457 g/mol. The lowest BCUT2D eigenvalue weighted by molar-refractivity contribution is -0.134. The molecule has 2 unspecified atom stereocenters. The Kier molecular flexibility index (Phi) is 8.09. The summed E-state index contributed by atoms with van der Waals surface area (Å²) in [4.78, 5) is 29.4. The van der Waals surface area contributed by atoms with Gasteiger partial charge < -0.3 is 15.1 Å². The van der Waals surface area contributed by atoms with E-state index in [2.05, 4.69) is 5.32 Å². The zero-order chi connectivity index (χ0) is 22.5. The quantitative estimate of drug-likeness (QED) is 0.555. The number of hydrogen-bond acceptors (Lipinski definition) is 2. The topological polar surface area (TPSA) is 52.7 Å². The van der Waals surface area contributed by atoms with Gasteiger partial charge in [0.1, 0.15) is 6.04 Å². The summed E-state index contributed by atoms with van der Waals surface area (Å²) in [5, 5.41) is 4.63. The molecule has 2 atom stereocenters. The SMILES string of the molecule is CCC(NC(=O)N1CCCC1C(=O)N(C)Cc1ccc(Cl)cc1)c1ccc(Cl)c(Cl)c1. The Balaban J connectivity index is 1.66. The Hall–Kier alpha value is -1.95. The van der Waals surface area contributed by atoms with Crippen LogP contribution < -0.4 is 5.32 Å². The molecule has 3 amide bonds. The van der Waals surface area contributed by atoms with Gasteiger partial charge in [-0.05, 0) is 54.7 Å². The van der Waals surface area contributed by atoms with Crippen LogP contribution in [0, 0.1) is 0 Å². The lowest BCUT2D eigenvalue weighted by Gasteiger charge is -2.30. The molecule has 0 aliphatic carbocycles. The summed E-state index contributed by atoms with van der Waals surface area (Å²) in [7, 11) is 1.76. The van der Waals surface area contributed by atoms with Crippen molar-refractivity contribution in [3.63, 3.8) is 0 Å². The van der Waals surface area contributed by atoms with Crippen LogP contribution in [0.3, 0.4) is 0 Å². The third-order valence-electron chi connectivity index (χ3n) is 5.56. The second kappa shape index (κ2) is 10.6. The summed E-state index contributed by atoms with van der Waals surface area (Å²) in [6.07, 6.45) is 2.13. The molecule has 0 radical (unpaired) electrons. The van der Waals surface area contributed by atoms with E-state index >= 15 is 0 Å². The number of nitrogens with one attached hydrogen (secondary N) is 1. The van der Waals surface area contributed by atoms with Gasteiger partial charge in [-0.2, -0.15) is 0 Å². The van der Waals surface area contributed by atoms with Crippen molar-refractivity contribution in [1.82, 2.24) is 15.1 Å². The van der Waals surface area contributed by atoms with Crippen LogP contribution in [-0.4, -0.2) is 41.4 Å². The summed E-state index contributed by atoms with van der Waals surface area (Å²) < 4.78 is 0. The highest BCUT2D eigenvalue weighted by Crippen LogP contribution is 2.28. The van der Waals surface area contributed by atoms with Crippen molar-refractivity contribution in [3.05, 3.63) is 68.7 Å². The molecule has 5 nitrogen and oxygen atoms in total. The fourth-order valence-corrected chi connectivity index (χ4v) is 4.28. The van der Waals surface area contributed by atoms with E-state index < -0.39 is 6.04 Å². The van der Waals surface area contributed by atoms with E-state index in [-0.39, 0.29) is 18.0 Å². The Morgan fingerprint density at radius 2 is 1.84 bits per heavy atom. The number of likely N-dealkylation sites (N-methyl/N-ethyl adjacent to an activating group) is 1. The summed E-state index contributed by atoms with van der Waals surface area (Å²) in [5.41, 5.74) is 1.87. The molecule has 8 heteroatoms. The van der Waals surface area contributed by atoms with Crippen molar-refractivity contribution in [2.45, 2.75) is 44.8 Å². The van der Waals surface area contributed by atoms with Gasteiger partial charge >= 0.3 is 6.03 Å². The highest BCUT2D eigenvalue weighted by atomic mass is 35.5. The van der Waals surface area contributed by atoms with Crippen molar-refractivity contribution >= 4 is 46.7 Å². The predicted molar refractivity (Wildman–Crippen MR) is 126 cm³/mol. The fraction of sp³-hybridized carbons (Fsp3) is 0.391. The van der Waals surface area contributed by atoms with Crippen LogP contribution >= 0.6 is 34.8 Å². The number of nitrogens with zero attached hydrogens (tertiary/aromatic N) is 2. The monoisotopic (exact) mass is 481 g/mol. The maximum atomic E-state index is 13.1. The Morgan fingerprint density at radius 3 is 2.48 bits per heavy atom. The molecule has 2 aromatic rings. The molecular formula is C23H26Cl3N3O2. The number of halogens is 3. The first-order valence-electron chi connectivity index (χ1n) is 10.3. The van der Waals surface area contributed by atoms with Crippen molar-refractivity contribution < 1.29 is 9.59 Å². The van der Waals surface area contributed by atoms with Crippen LogP contribution in [0.5, 0.6) is 0 Å². The molecule has 0 bridgehead atoms. The first-order valence-corrected chi connectivity index (χ1v) is 11.4. The van der Waals surface area contributed by atoms with Gasteiger partial charge in [0.05, 0.1) is 16.1 Å². The average Bonchev–Trinajstić information content (AvgIpc) is 3.25. The van der Waals surface area contributed by atoms with E-state index in [1.165, 1.54) is 0 Å². The normalized spacial score (nSPS) is 16.8. The molecule has 3 rings (SSSR count). The molecule has 1 fully saturated rings. The maximum Gasteiger partial charge on any atom is 0.318 e. The molecule has 1 aliphatic rings. The number of benzene rings is 2. The van der Waals surface area contributed by atoms with Crippen LogP contribution in [0.25, 0.3) is 0 Å². The van der Waals surface area contributed by atoms with Crippen molar-refractivity contribution in [3.8, 4) is 0 Å². The van der Waals surface area contributed by atoms with Gasteiger partial charge in [0, 0.05) is 25.2 Å². The summed E-state index contributed by atoms with van der Waals surface area (Å²) in [5.74, 6) is -0.0646. The van der Waals surface area contributed by atoms with Gasteiger partial charge in [-0.1, -0.05) is 59.9 Å². The molecule has 1 aliphatic heterocycles. The highest BCUT2D eigenvalue weighted by molar-refractivity contribution is 6.42. The number of amides is 3. The number of hydrogen-bond donors (Lipinski definition) is 1. The van der Waals surface area contributed by atoms with Crippen molar-refractivity contribution in [2.24, 2.45) is 0 Å². The lowest BCUT2D eigenvalue weighted by atomic mass is 10.0. The smallest absolute Gasteiger partial charge is 0.318 e. The Morgan fingerprint density at radius 1 is 1.13 bits per heavy atom. The van der Waals surface area contributed by atoms with E-state index in [0.717, 1.165) is 17.5 Å². The summed E-state index contributed by atoms with van der Waals surface area (Å²) in [6, 6.07) is 11.8. The predicted octanol–water partition coefficient (Wildman–Crippen LogP) is 5.93. The third kappa shape index (κ3) is 5.85. The molecule has 0 aromatic heterocycles. The van der Waals surface area contributed by atoms with Gasteiger partial charge in [-0.25, -0.2) is 4.79 Å². The number of likely N-dealkylation sites (tertiary alicyclic amines) is 1. The number of carbonyl (C=O) groups is 2. The van der Waals surface area contributed by atoms with Gasteiger partial charge in [0.15, 0.2) is 0 Å². The number of urea groups is 1. The van der Waals surface area contributed by atoms with E-state index in [1.54, 1.807) is 41.1 Å². The van der Waals surface area contributed by atoms with Gasteiger partial charge in [-0.15, -0.1) is 0 Å². The van der Waals surface area contributed by atoms with Gasteiger partial charge in [0.25, 0.3) is 0 Å². The van der Waals surface area contributed by atoms with Crippen LogP contribution in [-0.2, 0) is 11.3 Å². The molecule has 1 heterocycles. The van der Waals surface area contributed by atoms with E-state index in [4.69, 9.17) is 34.8 Å². The maximum absolute atomic E-state index is 13.1. The molecule has 0 spiro atoms. The van der Waals surface area contributed by atoms with Crippen LogP contribution in [0.4, 0.5) is 4.79 Å². The van der Waals surface area contributed by atoms with E-state index in [9.17, 15) is 9.59 Å². The minimum absolute atomic E-state index is 0.0646. The molecule has 1 N–H and O–H groups in total. The zero-order valence-corrected chi connectivity index (χ0v) is 19.8. The van der Waals surface area contributed by atoms with Crippen LogP contribution in [0.2, 0.25) is 15.1 Å². The van der Waals surface area contributed by atoms with E-state index in [1.807, 2.05) is 25.1 Å². The average molecular weight is 483 g/mol. The third-order valence-corrected chi connectivity index (χ3v) is 6.55. The Labute approximate surface area is 198 Å². The number of rotatable bonds is 6. The minimum Gasteiger partial charge on any atom is -0.340 e. The van der Waals surface area contributed by atoms with Crippen LogP contribution in [0.1, 0.15) is 43.4 Å². The molecule has 0 saturated carbocycles. The first kappa shape index (κ1) is 23.7. The van der Waals surface area contributed by atoms with Gasteiger partial charge in [0.2, 0.25) is 5.91 Å². The number of carbonyl (C=O) groups excluding carboxylic acids is 2. The standard InChI is InChI=1S/C23H26Cl3N3O2/c1-3-20(16-8-11-18(25)19(26)13-16)27-23(31)29-12-4-5-21(29)22(30)28(2)14-15-6-9-17(24)10-7-15/h6-11,13,20-21H,3-5,12,14H2,1-2H3,(H,27,31). The van der Waals surface area contributed by atoms with Crippen LogP contribution in [0.15, 0.2) is 42.5 Å². The second-order valence-electron chi connectivity index (χ2n) is 7.76. The molecule has 2 aromatic carbocycles. The zero-order valence-electron chi connectivity index (χ0n) is 17.6. The first-order chi connectivity index (χ1) is 14.8. The summed E-state index contributed by atoms with van der Waals surface area (Å²) >= 11 is 18.1. The van der Waals surface area contributed by atoms with E-state index in [0.29, 0.717) is 41.0 Å². The van der Waals surface area contributed by atoms with Gasteiger partial charge in [-0.3, -0.25) is 4.79 Å². The van der Waals surface area contributed by atoms with Crippen molar-refractivity contribution in [1.29, 1.82) is 0 Å². The fourth-order valence-electron chi connectivity index (χ4n) is 3.84.